The summed E-state index contributed by atoms with van der Waals surface area (Å²) in [6.45, 7) is 0. The molecule has 0 radical (unpaired) electrons. The second-order valence-electron chi connectivity index (χ2n) is 4.19. The van der Waals surface area contributed by atoms with E-state index in [1.54, 1.807) is 25.6 Å². The second kappa shape index (κ2) is 4.17. The van der Waals surface area contributed by atoms with Gasteiger partial charge < -0.3 is 15.2 Å². The molecule has 0 aliphatic heterocycles. The Morgan fingerprint density at radius 2 is 1.89 bits per heavy atom. The van der Waals surface area contributed by atoms with Gasteiger partial charge in [-0.1, -0.05) is 0 Å². The first-order valence-corrected chi connectivity index (χ1v) is 6.55. The number of benzene rings is 1. The maximum Gasteiger partial charge on any atom is 0.180 e. The van der Waals surface area contributed by atoms with Crippen molar-refractivity contribution in [3.05, 3.63) is 22.6 Å². The Kier molecular flexibility index (Phi) is 2.63. The van der Waals surface area contributed by atoms with Crippen LogP contribution in [-0.4, -0.2) is 19.2 Å². The van der Waals surface area contributed by atoms with Crippen molar-refractivity contribution in [2.75, 3.05) is 20.0 Å². The summed E-state index contributed by atoms with van der Waals surface area (Å²) >= 11 is 1.57. The van der Waals surface area contributed by atoms with Crippen molar-refractivity contribution in [3.8, 4) is 22.8 Å². The Balaban J connectivity index is 2.20. The molecule has 1 aliphatic rings. The third kappa shape index (κ3) is 1.62. The van der Waals surface area contributed by atoms with Crippen LogP contribution in [0.15, 0.2) is 12.1 Å². The van der Waals surface area contributed by atoms with Gasteiger partial charge in [0.15, 0.2) is 16.6 Å². The number of methoxy groups -OCH3 is 2. The molecule has 4 nitrogen and oxygen atoms in total. The van der Waals surface area contributed by atoms with E-state index in [1.807, 2.05) is 12.1 Å². The molecular formula is C13H14N2O2S. The zero-order chi connectivity index (χ0) is 12.7. The van der Waals surface area contributed by atoms with E-state index in [0.717, 1.165) is 35.6 Å². The van der Waals surface area contributed by atoms with Crippen LogP contribution in [0.5, 0.6) is 11.5 Å². The van der Waals surface area contributed by atoms with E-state index in [-0.39, 0.29) is 0 Å². The summed E-state index contributed by atoms with van der Waals surface area (Å²) in [4.78, 5) is 5.68. The van der Waals surface area contributed by atoms with Crippen molar-refractivity contribution in [2.45, 2.75) is 12.8 Å². The molecule has 1 aliphatic carbocycles. The van der Waals surface area contributed by atoms with Crippen molar-refractivity contribution < 1.29 is 9.47 Å². The molecule has 0 unspecified atom stereocenters. The number of nitrogens with two attached hydrogens (primary N) is 1. The number of nitrogen functional groups attached to an aromatic ring is 1. The number of aromatic nitrogens is 1. The van der Waals surface area contributed by atoms with Gasteiger partial charge in [-0.3, -0.25) is 0 Å². The molecule has 0 saturated carbocycles. The zero-order valence-corrected chi connectivity index (χ0v) is 11.1. The molecule has 0 fully saturated rings. The highest BCUT2D eigenvalue weighted by Gasteiger charge is 2.22. The van der Waals surface area contributed by atoms with E-state index in [4.69, 9.17) is 15.2 Å². The molecule has 5 heteroatoms. The Bertz CT molecular complexity index is 607. The van der Waals surface area contributed by atoms with Gasteiger partial charge in [-0.2, -0.15) is 0 Å². The molecule has 2 aromatic rings. The van der Waals surface area contributed by atoms with Crippen LogP contribution in [0.25, 0.3) is 11.3 Å². The summed E-state index contributed by atoms with van der Waals surface area (Å²) in [5.74, 6) is 1.50. The van der Waals surface area contributed by atoms with Crippen LogP contribution in [0.2, 0.25) is 0 Å². The molecule has 2 N–H and O–H groups in total. The first-order valence-electron chi connectivity index (χ1n) is 5.73. The Morgan fingerprint density at radius 1 is 1.17 bits per heavy atom. The highest BCUT2D eigenvalue weighted by Crippen LogP contribution is 2.42. The molecule has 0 saturated heterocycles. The van der Waals surface area contributed by atoms with Gasteiger partial charge in [0.1, 0.15) is 0 Å². The predicted octanol–water partition coefficient (Wildman–Crippen LogP) is 2.51. The van der Waals surface area contributed by atoms with Crippen LogP contribution in [0.3, 0.4) is 0 Å². The first kappa shape index (κ1) is 11.3. The lowest BCUT2D eigenvalue weighted by Gasteiger charge is -2.18. The molecule has 1 heterocycles. The highest BCUT2D eigenvalue weighted by atomic mass is 32.1. The molecule has 1 aromatic heterocycles. The fraction of sp³-hybridized carbons (Fsp3) is 0.308. The summed E-state index contributed by atoms with van der Waals surface area (Å²) in [5, 5.41) is 0.627. The van der Waals surface area contributed by atoms with Gasteiger partial charge >= 0.3 is 0 Å². The fourth-order valence-corrected chi connectivity index (χ4v) is 3.19. The number of hydrogen-bond donors (Lipinski definition) is 1. The minimum atomic E-state index is 0.627. The lowest BCUT2D eigenvalue weighted by molar-refractivity contribution is 0.354. The van der Waals surface area contributed by atoms with Gasteiger partial charge in [-0.15, -0.1) is 11.3 Å². The minimum Gasteiger partial charge on any atom is -0.493 e. The number of hydrogen-bond acceptors (Lipinski definition) is 5. The number of aryl methyl sites for hydroxylation is 2. The van der Waals surface area contributed by atoms with Crippen molar-refractivity contribution >= 4 is 16.5 Å². The van der Waals surface area contributed by atoms with Gasteiger partial charge in [0, 0.05) is 10.4 Å². The van der Waals surface area contributed by atoms with Crippen molar-refractivity contribution in [3.63, 3.8) is 0 Å². The molecule has 0 atom stereocenters. The maximum atomic E-state index is 5.79. The Morgan fingerprint density at radius 3 is 2.61 bits per heavy atom. The Labute approximate surface area is 109 Å². The highest BCUT2D eigenvalue weighted by molar-refractivity contribution is 7.15. The van der Waals surface area contributed by atoms with Crippen LogP contribution in [0.4, 0.5) is 5.13 Å². The Hall–Kier alpha value is -1.75. The van der Waals surface area contributed by atoms with E-state index >= 15 is 0 Å². The number of anilines is 1. The van der Waals surface area contributed by atoms with E-state index in [2.05, 4.69) is 4.98 Å². The van der Waals surface area contributed by atoms with Crippen molar-refractivity contribution in [1.29, 1.82) is 0 Å². The van der Waals surface area contributed by atoms with E-state index < -0.39 is 0 Å². The van der Waals surface area contributed by atoms with Gasteiger partial charge in [-0.05, 0) is 30.5 Å². The van der Waals surface area contributed by atoms with E-state index in [9.17, 15) is 0 Å². The predicted molar refractivity (Wildman–Crippen MR) is 72.5 cm³/mol. The number of ether oxygens (including phenoxy) is 2. The maximum absolute atomic E-state index is 5.79. The summed E-state index contributed by atoms with van der Waals surface area (Å²) in [7, 11) is 3.29. The van der Waals surface area contributed by atoms with Crippen LogP contribution < -0.4 is 15.2 Å². The van der Waals surface area contributed by atoms with Gasteiger partial charge in [0.05, 0.1) is 19.9 Å². The molecule has 94 valence electrons. The number of nitrogens with zero attached hydrogens (tertiary/aromatic N) is 1. The minimum absolute atomic E-state index is 0.627. The van der Waals surface area contributed by atoms with Crippen LogP contribution in [-0.2, 0) is 12.8 Å². The standard InChI is InChI=1S/C13H14N2O2S/c1-16-9-5-7-3-4-11-12(15-13(14)18-11)8(7)6-10(9)17-2/h5-6H,3-4H2,1-2H3,(H2,14,15). The largest absolute Gasteiger partial charge is 0.493 e. The molecule has 0 spiro atoms. The number of fused-ring (bicyclic) bond motifs is 3. The normalized spacial score (nSPS) is 12.8. The number of rotatable bonds is 2. The van der Waals surface area contributed by atoms with Crippen molar-refractivity contribution in [2.24, 2.45) is 0 Å². The summed E-state index contributed by atoms with van der Waals surface area (Å²) in [6, 6.07) is 4.03. The average molecular weight is 262 g/mol. The lowest BCUT2D eigenvalue weighted by atomic mass is 9.93. The molecular weight excluding hydrogens is 248 g/mol. The second-order valence-corrected chi connectivity index (χ2v) is 5.30. The summed E-state index contributed by atoms with van der Waals surface area (Å²) in [5.41, 5.74) is 9.15. The van der Waals surface area contributed by atoms with Gasteiger partial charge in [-0.25, -0.2) is 4.98 Å². The van der Waals surface area contributed by atoms with Crippen LogP contribution >= 0.6 is 11.3 Å². The van der Waals surface area contributed by atoms with E-state index in [0.29, 0.717) is 5.13 Å². The van der Waals surface area contributed by atoms with Gasteiger partial charge in [0.2, 0.25) is 0 Å². The summed E-state index contributed by atoms with van der Waals surface area (Å²) in [6.07, 6.45) is 1.98. The van der Waals surface area contributed by atoms with Crippen LogP contribution in [0, 0.1) is 0 Å². The summed E-state index contributed by atoms with van der Waals surface area (Å²) < 4.78 is 10.7. The van der Waals surface area contributed by atoms with Crippen molar-refractivity contribution in [1.82, 2.24) is 4.98 Å². The molecule has 1 aromatic carbocycles. The quantitative estimate of drug-likeness (QED) is 0.903. The zero-order valence-electron chi connectivity index (χ0n) is 10.3. The molecule has 0 bridgehead atoms. The lowest BCUT2D eigenvalue weighted by Crippen LogP contribution is -2.03. The van der Waals surface area contributed by atoms with Crippen LogP contribution in [0.1, 0.15) is 10.4 Å². The monoisotopic (exact) mass is 262 g/mol. The molecule has 3 rings (SSSR count). The first-order chi connectivity index (χ1) is 8.72. The SMILES string of the molecule is COc1cc2c(cc1OC)-c1nc(N)sc1CC2. The smallest absolute Gasteiger partial charge is 0.180 e. The molecule has 18 heavy (non-hydrogen) atoms. The van der Waals surface area contributed by atoms with E-state index in [1.165, 1.54) is 10.4 Å². The third-order valence-corrected chi connectivity index (χ3v) is 4.14. The topological polar surface area (TPSA) is 57.4 Å². The third-order valence-electron chi connectivity index (χ3n) is 3.20. The average Bonchev–Trinajstić information content (AvgIpc) is 2.77. The number of thiazole rings is 1. The molecule has 0 amide bonds. The fourth-order valence-electron chi connectivity index (χ4n) is 2.35. The van der Waals surface area contributed by atoms with Gasteiger partial charge in [0.25, 0.3) is 0 Å².